The Labute approximate surface area is 170 Å². The molecule has 156 valence electrons. The Hall–Kier alpha value is -0.120. The highest BCUT2D eigenvalue weighted by atomic mass is 79.9. The van der Waals surface area contributed by atoms with E-state index in [0.29, 0.717) is 11.8 Å². The van der Waals surface area contributed by atoms with Gasteiger partial charge in [-0.3, -0.25) is 9.18 Å². The van der Waals surface area contributed by atoms with Crippen molar-refractivity contribution in [3.8, 4) is 0 Å². The van der Waals surface area contributed by atoms with E-state index >= 15 is 0 Å². The molecule has 0 fully saturated rings. The van der Waals surface area contributed by atoms with Crippen LogP contribution in [0, 0.1) is 0 Å². The summed E-state index contributed by atoms with van der Waals surface area (Å²) in [6, 6.07) is 0. The number of hydrogen-bond acceptors (Lipinski definition) is 1. The van der Waals surface area contributed by atoms with E-state index in [4.69, 9.17) is 0 Å². The molecule has 0 saturated carbocycles. The van der Waals surface area contributed by atoms with Gasteiger partial charge in [-0.25, -0.2) is 0 Å². The smallest absolute Gasteiger partial charge is 0.233 e. The van der Waals surface area contributed by atoms with Crippen LogP contribution in [0.4, 0.5) is 4.39 Å². The third-order valence-electron chi connectivity index (χ3n) is 5.06. The molecule has 26 heavy (non-hydrogen) atoms. The molecule has 0 aliphatic heterocycles. The van der Waals surface area contributed by atoms with Crippen LogP contribution in [0.25, 0.3) is 0 Å². The number of halogens is 2. The number of rotatable bonds is 20. The lowest BCUT2D eigenvalue weighted by Crippen LogP contribution is -2.33. The first kappa shape index (κ1) is 25.9. The number of alkyl halides is 2. The molecule has 0 aromatic carbocycles. The zero-order valence-corrected chi connectivity index (χ0v) is 18.8. The van der Waals surface area contributed by atoms with Gasteiger partial charge in [-0.15, -0.1) is 0 Å². The first-order chi connectivity index (χ1) is 12.8. The van der Waals surface area contributed by atoms with Crippen LogP contribution in [0.5, 0.6) is 0 Å². The van der Waals surface area contributed by atoms with E-state index in [1.54, 1.807) is 0 Å². The van der Waals surface area contributed by atoms with Crippen LogP contribution in [0.2, 0.25) is 0 Å². The summed E-state index contributed by atoms with van der Waals surface area (Å²) in [7, 11) is 0. The molecular formula is C22H43BrFNO. The molecule has 0 aliphatic rings. The van der Waals surface area contributed by atoms with Crippen molar-refractivity contribution in [2.75, 3.05) is 25.1 Å². The van der Waals surface area contributed by atoms with Gasteiger partial charge in [0.25, 0.3) is 0 Å². The molecular weight excluding hydrogens is 393 g/mol. The standard InChI is InChI=1S/C22H43BrFNO/c1-2-3-4-5-6-7-8-10-13-16-19-25(22(26)21-23)20-17-14-11-9-12-15-18-24/h2-21H2,1H3. The molecule has 0 heterocycles. The fourth-order valence-corrected chi connectivity index (χ4v) is 3.69. The van der Waals surface area contributed by atoms with Crippen LogP contribution >= 0.6 is 15.9 Å². The summed E-state index contributed by atoms with van der Waals surface area (Å²) in [6.45, 7) is 3.86. The minimum atomic E-state index is -0.188. The molecule has 0 radical (unpaired) electrons. The maximum Gasteiger partial charge on any atom is 0.233 e. The highest BCUT2D eigenvalue weighted by Crippen LogP contribution is 2.12. The fraction of sp³-hybridized carbons (Fsp3) is 0.955. The van der Waals surface area contributed by atoms with Crippen molar-refractivity contribution < 1.29 is 9.18 Å². The minimum absolute atomic E-state index is 0.188. The molecule has 4 heteroatoms. The number of nitrogens with zero attached hydrogens (tertiary/aromatic N) is 1. The van der Waals surface area contributed by atoms with Gasteiger partial charge in [-0.2, -0.15) is 0 Å². The number of carbonyl (C=O) groups is 1. The summed E-state index contributed by atoms with van der Waals surface area (Å²) in [6.07, 6.45) is 19.5. The zero-order chi connectivity index (χ0) is 19.3. The average molecular weight is 436 g/mol. The molecule has 0 atom stereocenters. The molecule has 0 bridgehead atoms. The topological polar surface area (TPSA) is 20.3 Å². The SMILES string of the molecule is CCCCCCCCCCCCN(CCCCCCCCF)C(=O)CBr. The van der Waals surface area contributed by atoms with Gasteiger partial charge in [0.05, 0.1) is 12.0 Å². The number of hydrogen-bond donors (Lipinski definition) is 0. The van der Waals surface area contributed by atoms with E-state index < -0.39 is 0 Å². The van der Waals surface area contributed by atoms with Crippen LogP contribution in [0.1, 0.15) is 110 Å². The first-order valence-corrected chi connectivity index (χ1v) is 12.3. The first-order valence-electron chi connectivity index (χ1n) is 11.2. The van der Waals surface area contributed by atoms with Gasteiger partial charge in [0.1, 0.15) is 0 Å². The number of unbranched alkanes of at least 4 members (excludes halogenated alkanes) is 14. The summed E-state index contributed by atoms with van der Waals surface area (Å²) in [4.78, 5) is 14.1. The van der Waals surface area contributed by atoms with Gasteiger partial charge in [0.2, 0.25) is 5.91 Å². The molecule has 2 nitrogen and oxygen atoms in total. The maximum atomic E-state index is 12.0. The quantitative estimate of drug-likeness (QED) is 0.143. The second-order valence-electron chi connectivity index (χ2n) is 7.51. The monoisotopic (exact) mass is 435 g/mol. The van der Waals surface area contributed by atoms with Gasteiger partial charge in [-0.1, -0.05) is 106 Å². The van der Waals surface area contributed by atoms with Crippen molar-refractivity contribution in [2.45, 2.75) is 110 Å². The molecule has 0 unspecified atom stereocenters. The molecule has 0 N–H and O–H groups in total. The summed E-state index contributed by atoms with van der Waals surface area (Å²) >= 11 is 3.31. The normalized spacial score (nSPS) is 11.0. The Morgan fingerprint density at radius 3 is 1.46 bits per heavy atom. The number of amides is 1. The molecule has 0 saturated heterocycles. The third-order valence-corrected chi connectivity index (χ3v) is 5.54. The second-order valence-corrected chi connectivity index (χ2v) is 8.07. The lowest BCUT2D eigenvalue weighted by Gasteiger charge is -2.22. The molecule has 1 amide bonds. The zero-order valence-electron chi connectivity index (χ0n) is 17.3. The lowest BCUT2D eigenvalue weighted by atomic mass is 10.1. The Bertz CT molecular complexity index is 302. The maximum absolute atomic E-state index is 12.0. The van der Waals surface area contributed by atoms with E-state index in [-0.39, 0.29) is 12.6 Å². The minimum Gasteiger partial charge on any atom is -0.342 e. The Morgan fingerprint density at radius 1 is 0.692 bits per heavy atom. The highest BCUT2D eigenvalue weighted by Gasteiger charge is 2.11. The molecule has 0 aliphatic carbocycles. The molecule has 0 spiro atoms. The van der Waals surface area contributed by atoms with Crippen molar-refractivity contribution in [2.24, 2.45) is 0 Å². The summed E-state index contributed by atoms with van der Waals surface area (Å²) in [5.74, 6) is 0.221. The predicted octanol–water partition coefficient (Wildman–Crippen LogP) is 7.44. The van der Waals surface area contributed by atoms with Crippen molar-refractivity contribution in [1.29, 1.82) is 0 Å². The van der Waals surface area contributed by atoms with Crippen molar-refractivity contribution >= 4 is 21.8 Å². The van der Waals surface area contributed by atoms with Crippen LogP contribution in [-0.4, -0.2) is 35.9 Å². The summed E-state index contributed by atoms with van der Waals surface area (Å²) < 4.78 is 12.0. The van der Waals surface area contributed by atoms with Crippen molar-refractivity contribution in [1.82, 2.24) is 4.90 Å². The van der Waals surface area contributed by atoms with Gasteiger partial charge >= 0.3 is 0 Å². The van der Waals surface area contributed by atoms with Gasteiger partial charge in [-0.05, 0) is 19.3 Å². The Kier molecular flexibility index (Phi) is 21.1. The Balaban J connectivity index is 3.61. The lowest BCUT2D eigenvalue weighted by molar-refractivity contribution is -0.128. The van der Waals surface area contributed by atoms with E-state index in [0.717, 1.165) is 51.6 Å². The Morgan fingerprint density at radius 2 is 1.08 bits per heavy atom. The highest BCUT2D eigenvalue weighted by molar-refractivity contribution is 9.09. The van der Waals surface area contributed by atoms with E-state index in [1.807, 2.05) is 4.90 Å². The van der Waals surface area contributed by atoms with Crippen LogP contribution in [0.3, 0.4) is 0 Å². The van der Waals surface area contributed by atoms with E-state index in [2.05, 4.69) is 22.9 Å². The average Bonchev–Trinajstić information content (AvgIpc) is 2.66. The second kappa shape index (κ2) is 21.2. The molecule has 0 aromatic rings. The van der Waals surface area contributed by atoms with Gasteiger partial charge in [0.15, 0.2) is 0 Å². The van der Waals surface area contributed by atoms with E-state index in [9.17, 15) is 9.18 Å². The van der Waals surface area contributed by atoms with Crippen LogP contribution in [-0.2, 0) is 4.79 Å². The van der Waals surface area contributed by atoms with Crippen LogP contribution in [0.15, 0.2) is 0 Å². The third kappa shape index (κ3) is 17.3. The summed E-state index contributed by atoms with van der Waals surface area (Å²) in [5.41, 5.74) is 0. The molecule has 0 rings (SSSR count). The van der Waals surface area contributed by atoms with Crippen molar-refractivity contribution in [3.63, 3.8) is 0 Å². The fourth-order valence-electron chi connectivity index (χ4n) is 3.34. The van der Waals surface area contributed by atoms with Gasteiger partial charge < -0.3 is 4.90 Å². The predicted molar refractivity (Wildman–Crippen MR) is 116 cm³/mol. The van der Waals surface area contributed by atoms with Crippen molar-refractivity contribution in [3.05, 3.63) is 0 Å². The summed E-state index contributed by atoms with van der Waals surface area (Å²) in [5, 5.41) is 0.432. The van der Waals surface area contributed by atoms with E-state index in [1.165, 1.54) is 57.8 Å². The largest absolute Gasteiger partial charge is 0.342 e. The van der Waals surface area contributed by atoms with Gasteiger partial charge in [0, 0.05) is 13.1 Å². The number of carbonyl (C=O) groups excluding carboxylic acids is 1. The van der Waals surface area contributed by atoms with Crippen LogP contribution < -0.4 is 0 Å². The molecule has 0 aromatic heterocycles.